The molecule has 1 atom stereocenters. The first-order valence-electron chi connectivity index (χ1n) is 5.99. The van der Waals surface area contributed by atoms with Crippen LogP contribution >= 0.6 is 0 Å². The Morgan fingerprint density at radius 1 is 1.42 bits per heavy atom. The second kappa shape index (κ2) is 5.52. The predicted molar refractivity (Wildman–Crippen MR) is 70.6 cm³/mol. The molecule has 0 aliphatic heterocycles. The molecular weight excluding hydrogens is 266 g/mol. The fourth-order valence-corrected chi connectivity index (χ4v) is 2.63. The zero-order valence-corrected chi connectivity index (χ0v) is 11.3. The summed E-state index contributed by atoms with van der Waals surface area (Å²) in [5.74, 6) is -1.43. The molecule has 102 valence electrons. The molecule has 0 heterocycles. The van der Waals surface area contributed by atoms with E-state index in [1.165, 1.54) is 6.07 Å². The van der Waals surface area contributed by atoms with Crippen LogP contribution in [0.4, 0.5) is 0 Å². The van der Waals surface area contributed by atoms with Crippen molar-refractivity contribution in [3.63, 3.8) is 0 Å². The molecule has 1 aromatic rings. The highest BCUT2D eigenvalue weighted by Gasteiger charge is 2.24. The van der Waals surface area contributed by atoms with Gasteiger partial charge in [-0.3, -0.25) is 9.00 Å². The van der Waals surface area contributed by atoms with Crippen molar-refractivity contribution in [2.24, 2.45) is 0 Å². The Balaban J connectivity index is 2.07. The fraction of sp³-hybridized carbons (Fsp3) is 0.385. The Hall–Kier alpha value is -1.69. The molecule has 0 spiro atoms. The SMILES string of the molecule is Cc1ccc(S(=O)CC(=O)NC2CC2)cc1C(=O)O. The molecule has 1 aliphatic carbocycles. The Kier molecular flexibility index (Phi) is 3.99. The number of nitrogens with one attached hydrogen (secondary N) is 1. The molecule has 1 aromatic carbocycles. The van der Waals surface area contributed by atoms with Gasteiger partial charge in [0.05, 0.1) is 16.4 Å². The summed E-state index contributed by atoms with van der Waals surface area (Å²) in [7, 11) is -1.51. The van der Waals surface area contributed by atoms with E-state index in [0.717, 1.165) is 12.8 Å². The van der Waals surface area contributed by atoms with E-state index in [2.05, 4.69) is 5.32 Å². The Morgan fingerprint density at radius 2 is 2.11 bits per heavy atom. The average Bonchev–Trinajstić information content (AvgIpc) is 3.12. The second-order valence-electron chi connectivity index (χ2n) is 4.61. The first-order chi connectivity index (χ1) is 8.97. The molecule has 1 amide bonds. The third-order valence-electron chi connectivity index (χ3n) is 2.91. The number of carboxylic acid groups (broad SMARTS) is 1. The van der Waals surface area contributed by atoms with E-state index >= 15 is 0 Å². The molecule has 6 heteroatoms. The van der Waals surface area contributed by atoms with Crippen LogP contribution in [0.1, 0.15) is 28.8 Å². The fourth-order valence-electron chi connectivity index (χ4n) is 1.67. The average molecular weight is 281 g/mol. The molecule has 0 radical (unpaired) electrons. The largest absolute Gasteiger partial charge is 0.478 e. The molecule has 0 aromatic heterocycles. The van der Waals surface area contributed by atoms with Crippen LogP contribution < -0.4 is 5.32 Å². The normalized spacial score (nSPS) is 15.8. The minimum atomic E-state index is -1.51. The predicted octanol–water partition coefficient (Wildman–Crippen LogP) is 1.08. The lowest BCUT2D eigenvalue weighted by atomic mass is 10.1. The molecule has 1 saturated carbocycles. The molecule has 2 N–H and O–H groups in total. The van der Waals surface area contributed by atoms with Gasteiger partial charge in [-0.25, -0.2) is 4.79 Å². The van der Waals surface area contributed by atoms with E-state index < -0.39 is 16.8 Å². The van der Waals surface area contributed by atoms with Gasteiger partial charge in [-0.1, -0.05) is 6.07 Å². The standard InChI is InChI=1S/C13H15NO4S/c1-8-2-5-10(6-11(8)13(16)17)19(18)7-12(15)14-9-3-4-9/h2,5-6,9H,3-4,7H2,1H3,(H,14,15)(H,16,17). The summed E-state index contributed by atoms with van der Waals surface area (Å²) in [6.45, 7) is 1.68. The molecule has 2 rings (SSSR count). The van der Waals surface area contributed by atoms with Gasteiger partial charge in [-0.05, 0) is 37.5 Å². The molecular formula is C13H15NO4S. The highest BCUT2D eigenvalue weighted by Crippen LogP contribution is 2.19. The van der Waals surface area contributed by atoms with Crippen molar-refractivity contribution in [2.45, 2.75) is 30.7 Å². The molecule has 1 fully saturated rings. The minimum absolute atomic E-state index is 0.119. The quantitative estimate of drug-likeness (QED) is 0.846. The molecule has 0 saturated heterocycles. The maximum absolute atomic E-state index is 12.0. The first kappa shape index (κ1) is 13.7. The van der Waals surface area contributed by atoms with Gasteiger partial charge in [0, 0.05) is 10.9 Å². The summed E-state index contributed by atoms with van der Waals surface area (Å²) in [5.41, 5.74) is 0.726. The van der Waals surface area contributed by atoms with Gasteiger partial charge >= 0.3 is 5.97 Å². The molecule has 1 unspecified atom stereocenters. The highest BCUT2D eigenvalue weighted by molar-refractivity contribution is 7.85. The number of hydrogen-bond donors (Lipinski definition) is 2. The van der Waals surface area contributed by atoms with Gasteiger partial charge < -0.3 is 10.4 Å². The number of aryl methyl sites for hydroxylation is 1. The van der Waals surface area contributed by atoms with Gasteiger partial charge in [0.15, 0.2) is 0 Å². The van der Waals surface area contributed by atoms with Crippen LogP contribution in [-0.2, 0) is 15.6 Å². The second-order valence-corrected chi connectivity index (χ2v) is 6.06. The monoisotopic (exact) mass is 281 g/mol. The van der Waals surface area contributed by atoms with Crippen molar-refractivity contribution in [1.29, 1.82) is 0 Å². The van der Waals surface area contributed by atoms with Crippen molar-refractivity contribution in [3.05, 3.63) is 29.3 Å². The lowest BCUT2D eigenvalue weighted by Crippen LogP contribution is -2.30. The topological polar surface area (TPSA) is 83.5 Å². The van der Waals surface area contributed by atoms with Gasteiger partial charge in [-0.15, -0.1) is 0 Å². The van der Waals surface area contributed by atoms with E-state index in [0.29, 0.717) is 10.5 Å². The number of benzene rings is 1. The van der Waals surface area contributed by atoms with Crippen molar-refractivity contribution >= 4 is 22.7 Å². The van der Waals surface area contributed by atoms with E-state index in [1.807, 2.05) is 0 Å². The van der Waals surface area contributed by atoms with Crippen molar-refractivity contribution < 1.29 is 18.9 Å². The number of amides is 1. The summed E-state index contributed by atoms with van der Waals surface area (Å²) in [6.07, 6.45) is 1.96. The number of hydrogen-bond acceptors (Lipinski definition) is 3. The van der Waals surface area contributed by atoms with Crippen LogP contribution in [0.25, 0.3) is 0 Å². The summed E-state index contributed by atoms with van der Waals surface area (Å²) in [4.78, 5) is 22.9. The summed E-state index contributed by atoms with van der Waals surface area (Å²) in [6, 6.07) is 4.81. The van der Waals surface area contributed by atoms with Crippen LogP contribution in [0.2, 0.25) is 0 Å². The Morgan fingerprint density at radius 3 is 2.68 bits per heavy atom. The lowest BCUT2D eigenvalue weighted by Gasteiger charge is -2.06. The van der Waals surface area contributed by atoms with Gasteiger partial charge in [-0.2, -0.15) is 0 Å². The first-order valence-corrected chi connectivity index (χ1v) is 7.31. The van der Waals surface area contributed by atoms with Gasteiger partial charge in [0.1, 0.15) is 5.75 Å². The van der Waals surface area contributed by atoms with Crippen molar-refractivity contribution in [1.82, 2.24) is 5.32 Å². The highest BCUT2D eigenvalue weighted by atomic mass is 32.2. The molecule has 1 aliphatic rings. The van der Waals surface area contributed by atoms with Gasteiger partial charge in [0.25, 0.3) is 0 Å². The minimum Gasteiger partial charge on any atom is -0.478 e. The van der Waals surface area contributed by atoms with E-state index in [9.17, 15) is 13.8 Å². The number of rotatable bonds is 5. The van der Waals surface area contributed by atoms with Crippen LogP contribution in [0, 0.1) is 6.92 Å². The van der Waals surface area contributed by atoms with Crippen LogP contribution in [0.15, 0.2) is 23.1 Å². The maximum Gasteiger partial charge on any atom is 0.335 e. The lowest BCUT2D eigenvalue weighted by molar-refractivity contribution is -0.118. The zero-order valence-electron chi connectivity index (χ0n) is 10.5. The Labute approximate surface area is 113 Å². The number of carboxylic acids is 1. The smallest absolute Gasteiger partial charge is 0.335 e. The maximum atomic E-state index is 12.0. The van der Waals surface area contributed by atoms with E-state index in [4.69, 9.17) is 5.11 Å². The molecule has 0 bridgehead atoms. The van der Waals surface area contributed by atoms with Crippen molar-refractivity contribution in [2.75, 3.05) is 5.75 Å². The molecule has 5 nitrogen and oxygen atoms in total. The number of carbonyl (C=O) groups excluding carboxylic acids is 1. The van der Waals surface area contributed by atoms with E-state index in [-0.39, 0.29) is 23.3 Å². The van der Waals surface area contributed by atoms with Crippen LogP contribution in [0.3, 0.4) is 0 Å². The van der Waals surface area contributed by atoms with E-state index in [1.54, 1.807) is 19.1 Å². The Bertz CT molecular complexity index is 552. The van der Waals surface area contributed by atoms with Crippen LogP contribution in [-0.4, -0.2) is 33.0 Å². The summed E-state index contributed by atoms with van der Waals surface area (Å²) >= 11 is 0. The summed E-state index contributed by atoms with van der Waals surface area (Å²) < 4.78 is 12.0. The summed E-state index contributed by atoms with van der Waals surface area (Å²) in [5, 5.41) is 11.8. The number of carbonyl (C=O) groups is 2. The van der Waals surface area contributed by atoms with Gasteiger partial charge in [0.2, 0.25) is 5.91 Å². The number of aromatic carboxylic acids is 1. The van der Waals surface area contributed by atoms with Crippen LogP contribution in [0.5, 0.6) is 0 Å². The molecule has 19 heavy (non-hydrogen) atoms. The van der Waals surface area contributed by atoms with Crippen molar-refractivity contribution in [3.8, 4) is 0 Å². The zero-order chi connectivity index (χ0) is 14.0. The third kappa shape index (κ3) is 3.64. The third-order valence-corrected chi connectivity index (χ3v) is 4.21.